The van der Waals surface area contributed by atoms with Crippen molar-refractivity contribution >= 4 is 21.6 Å². The number of halogens is 1. The molecule has 4 heteroatoms. The van der Waals surface area contributed by atoms with Crippen LogP contribution < -0.4 is 4.90 Å². The summed E-state index contributed by atoms with van der Waals surface area (Å²) in [6.07, 6.45) is 2.02. The van der Waals surface area contributed by atoms with Gasteiger partial charge in [0.1, 0.15) is 0 Å². The molecule has 1 fully saturated rings. The molecule has 0 saturated carbocycles. The van der Waals surface area contributed by atoms with E-state index in [1.807, 2.05) is 6.07 Å². The normalized spacial score (nSPS) is 21.5. The molecule has 1 aromatic rings. The Balaban J connectivity index is 2.11. The van der Waals surface area contributed by atoms with E-state index in [-0.39, 0.29) is 0 Å². The Kier molecular flexibility index (Phi) is 5.25. The lowest BCUT2D eigenvalue weighted by atomic mass is 9.98. The first kappa shape index (κ1) is 14.8. The van der Waals surface area contributed by atoms with Crippen molar-refractivity contribution in [1.82, 2.24) is 0 Å². The summed E-state index contributed by atoms with van der Waals surface area (Å²) in [4.78, 5) is 2.41. The molecule has 2 atom stereocenters. The second-order valence-corrected chi connectivity index (χ2v) is 6.15. The van der Waals surface area contributed by atoms with Gasteiger partial charge in [0, 0.05) is 30.4 Å². The summed E-state index contributed by atoms with van der Waals surface area (Å²) in [6.45, 7) is 4.77. The SMILES string of the molecule is COCC1CCCN(c2ccc([C@@H](C)O)c(Br)c2)C1. The first-order valence-electron chi connectivity index (χ1n) is 6.83. The van der Waals surface area contributed by atoms with Crippen molar-refractivity contribution in [1.29, 1.82) is 0 Å². The number of aliphatic hydroxyl groups excluding tert-OH is 1. The molecule has 1 heterocycles. The number of aliphatic hydroxyl groups is 1. The van der Waals surface area contributed by atoms with Gasteiger partial charge in [0.25, 0.3) is 0 Å². The largest absolute Gasteiger partial charge is 0.389 e. The highest BCUT2D eigenvalue weighted by Gasteiger charge is 2.20. The average Bonchev–Trinajstić information content (AvgIpc) is 2.39. The molecular formula is C15H22BrNO2. The maximum Gasteiger partial charge on any atom is 0.0772 e. The smallest absolute Gasteiger partial charge is 0.0772 e. The number of nitrogens with zero attached hydrogens (tertiary/aromatic N) is 1. The highest BCUT2D eigenvalue weighted by atomic mass is 79.9. The second kappa shape index (κ2) is 6.73. The van der Waals surface area contributed by atoms with E-state index in [0.29, 0.717) is 5.92 Å². The molecule has 106 valence electrons. The predicted octanol–water partition coefficient (Wildman–Crippen LogP) is 3.37. The maximum atomic E-state index is 9.66. The third-order valence-corrected chi connectivity index (χ3v) is 4.41. The Morgan fingerprint density at radius 1 is 1.53 bits per heavy atom. The summed E-state index contributed by atoms with van der Waals surface area (Å²) in [7, 11) is 1.77. The van der Waals surface area contributed by atoms with Crippen LogP contribution in [0.3, 0.4) is 0 Å². The standard InChI is InChI=1S/C15H22BrNO2/c1-11(18)14-6-5-13(8-15(14)16)17-7-3-4-12(9-17)10-19-2/h5-6,8,11-12,18H,3-4,7,9-10H2,1-2H3/t11-,12?/m1/s1. The first-order valence-corrected chi connectivity index (χ1v) is 7.62. The molecule has 0 spiro atoms. The van der Waals surface area contributed by atoms with Crippen LogP contribution in [0.2, 0.25) is 0 Å². The molecule has 1 saturated heterocycles. The third-order valence-electron chi connectivity index (χ3n) is 3.72. The molecule has 1 aromatic carbocycles. The highest BCUT2D eigenvalue weighted by molar-refractivity contribution is 9.10. The molecule has 0 aliphatic carbocycles. The molecule has 0 amide bonds. The lowest BCUT2D eigenvalue weighted by Gasteiger charge is -2.34. The van der Waals surface area contributed by atoms with E-state index in [1.54, 1.807) is 14.0 Å². The second-order valence-electron chi connectivity index (χ2n) is 5.29. The number of methoxy groups -OCH3 is 1. The van der Waals surface area contributed by atoms with Gasteiger partial charge in [0.2, 0.25) is 0 Å². The molecule has 1 N–H and O–H groups in total. The van der Waals surface area contributed by atoms with E-state index in [1.165, 1.54) is 18.5 Å². The number of ether oxygens (including phenoxy) is 1. The van der Waals surface area contributed by atoms with Gasteiger partial charge in [-0.05, 0) is 43.4 Å². The molecule has 19 heavy (non-hydrogen) atoms. The lowest BCUT2D eigenvalue weighted by Crippen LogP contribution is -2.37. The zero-order chi connectivity index (χ0) is 13.8. The van der Waals surface area contributed by atoms with Crippen LogP contribution in [0.1, 0.15) is 31.4 Å². The number of piperidine rings is 1. The van der Waals surface area contributed by atoms with Gasteiger partial charge in [-0.15, -0.1) is 0 Å². The van der Waals surface area contributed by atoms with E-state index >= 15 is 0 Å². The quantitative estimate of drug-likeness (QED) is 0.920. The summed E-state index contributed by atoms with van der Waals surface area (Å²) in [5, 5.41) is 9.66. The predicted molar refractivity (Wildman–Crippen MR) is 81.6 cm³/mol. The van der Waals surface area contributed by atoms with E-state index in [0.717, 1.165) is 29.7 Å². The molecule has 3 nitrogen and oxygen atoms in total. The molecular weight excluding hydrogens is 306 g/mol. The van der Waals surface area contributed by atoms with E-state index in [4.69, 9.17) is 4.74 Å². The van der Waals surface area contributed by atoms with Crippen LogP contribution in [0.5, 0.6) is 0 Å². The number of anilines is 1. The monoisotopic (exact) mass is 327 g/mol. The lowest BCUT2D eigenvalue weighted by molar-refractivity contribution is 0.143. The van der Waals surface area contributed by atoms with Gasteiger partial charge >= 0.3 is 0 Å². The molecule has 0 aromatic heterocycles. The van der Waals surface area contributed by atoms with Crippen LogP contribution in [0.4, 0.5) is 5.69 Å². The first-order chi connectivity index (χ1) is 9.11. The molecule has 0 bridgehead atoms. The molecule has 1 unspecified atom stereocenters. The van der Waals surface area contributed by atoms with Gasteiger partial charge < -0.3 is 14.7 Å². The van der Waals surface area contributed by atoms with E-state index in [9.17, 15) is 5.11 Å². The molecule has 0 radical (unpaired) electrons. The fourth-order valence-corrected chi connectivity index (χ4v) is 3.42. The van der Waals surface area contributed by atoms with Crippen LogP contribution in [-0.2, 0) is 4.74 Å². The van der Waals surface area contributed by atoms with Gasteiger partial charge in [-0.3, -0.25) is 0 Å². The number of rotatable bonds is 4. The van der Waals surface area contributed by atoms with E-state index in [2.05, 4.69) is 33.0 Å². The Labute approximate surface area is 123 Å². The Morgan fingerprint density at radius 2 is 2.32 bits per heavy atom. The molecule has 1 aliphatic rings. The van der Waals surface area contributed by atoms with Gasteiger partial charge in [-0.1, -0.05) is 22.0 Å². The third kappa shape index (κ3) is 3.71. The topological polar surface area (TPSA) is 32.7 Å². The van der Waals surface area contributed by atoms with Crippen molar-refractivity contribution in [2.75, 3.05) is 31.7 Å². The minimum Gasteiger partial charge on any atom is -0.389 e. The Hall–Kier alpha value is -0.580. The van der Waals surface area contributed by atoms with Crippen molar-refractivity contribution in [3.63, 3.8) is 0 Å². The van der Waals surface area contributed by atoms with Crippen LogP contribution in [-0.4, -0.2) is 31.9 Å². The number of hydrogen-bond donors (Lipinski definition) is 1. The van der Waals surface area contributed by atoms with Gasteiger partial charge in [-0.25, -0.2) is 0 Å². The minimum atomic E-state index is -0.439. The van der Waals surface area contributed by atoms with Crippen molar-refractivity contribution < 1.29 is 9.84 Å². The van der Waals surface area contributed by atoms with Crippen LogP contribution in [0.25, 0.3) is 0 Å². The zero-order valence-corrected chi connectivity index (χ0v) is 13.2. The summed E-state index contributed by atoms with van der Waals surface area (Å²) < 4.78 is 6.25. The van der Waals surface area contributed by atoms with Gasteiger partial charge in [0.05, 0.1) is 12.7 Å². The highest BCUT2D eigenvalue weighted by Crippen LogP contribution is 2.30. The van der Waals surface area contributed by atoms with Crippen molar-refractivity contribution in [2.45, 2.75) is 25.9 Å². The van der Waals surface area contributed by atoms with Crippen LogP contribution >= 0.6 is 15.9 Å². The maximum absolute atomic E-state index is 9.66. The molecule has 1 aliphatic heterocycles. The van der Waals surface area contributed by atoms with Crippen LogP contribution in [0, 0.1) is 5.92 Å². The average molecular weight is 328 g/mol. The summed E-state index contributed by atoms with van der Waals surface area (Å²) >= 11 is 3.55. The summed E-state index contributed by atoms with van der Waals surface area (Å²) in [6, 6.07) is 6.21. The van der Waals surface area contributed by atoms with Crippen LogP contribution in [0.15, 0.2) is 22.7 Å². The fourth-order valence-electron chi connectivity index (χ4n) is 2.72. The summed E-state index contributed by atoms with van der Waals surface area (Å²) in [5.74, 6) is 0.619. The van der Waals surface area contributed by atoms with E-state index < -0.39 is 6.10 Å². The Morgan fingerprint density at radius 3 is 2.95 bits per heavy atom. The summed E-state index contributed by atoms with van der Waals surface area (Å²) in [5.41, 5.74) is 2.16. The van der Waals surface area contributed by atoms with Gasteiger partial charge in [0.15, 0.2) is 0 Å². The Bertz CT molecular complexity index is 421. The van der Waals surface area contributed by atoms with Crippen molar-refractivity contribution in [3.8, 4) is 0 Å². The van der Waals surface area contributed by atoms with Crippen molar-refractivity contribution in [2.24, 2.45) is 5.92 Å². The minimum absolute atomic E-state index is 0.439. The zero-order valence-electron chi connectivity index (χ0n) is 11.6. The fraction of sp³-hybridized carbons (Fsp3) is 0.600. The number of benzene rings is 1. The van der Waals surface area contributed by atoms with Crippen molar-refractivity contribution in [3.05, 3.63) is 28.2 Å². The number of hydrogen-bond acceptors (Lipinski definition) is 3. The molecule has 2 rings (SSSR count). The van der Waals surface area contributed by atoms with Gasteiger partial charge in [-0.2, -0.15) is 0 Å².